The molecule has 1 heterocycles. The Morgan fingerprint density at radius 1 is 1.09 bits per heavy atom. The second-order valence-corrected chi connectivity index (χ2v) is 7.56. The Hall–Kier alpha value is -1.89. The molecule has 0 fully saturated rings. The summed E-state index contributed by atoms with van der Waals surface area (Å²) in [5.41, 5.74) is 2.80. The number of aliphatic hydroxyl groups excluding tert-OH is 1. The summed E-state index contributed by atoms with van der Waals surface area (Å²) in [6.45, 7) is 0.726. The molecule has 1 aliphatic heterocycles. The Kier molecular flexibility index (Phi) is 4.39. The molecule has 2 aromatic rings. The standard InChI is InChI=1S/C16H15ClN2O3S/c17-13-3-1-12(2-4-13)16-9-10-19(18-16)14-5-7-15(8-6-14)23(21,22)11-20/h1-8,20H,9-11H2. The smallest absolute Gasteiger partial charge is 0.202 e. The number of rotatable bonds is 4. The van der Waals surface area contributed by atoms with E-state index in [1.165, 1.54) is 12.1 Å². The van der Waals surface area contributed by atoms with Crippen molar-refractivity contribution in [3.8, 4) is 0 Å². The maximum atomic E-state index is 11.6. The SMILES string of the molecule is O=S(=O)(CO)c1ccc(N2CCC(c3ccc(Cl)cc3)=N2)cc1. The number of nitrogens with zero attached hydrogens (tertiary/aromatic N) is 2. The second-order valence-electron chi connectivity index (χ2n) is 5.16. The molecule has 5 nitrogen and oxygen atoms in total. The van der Waals surface area contributed by atoms with Gasteiger partial charge in [0.1, 0.15) is 5.94 Å². The summed E-state index contributed by atoms with van der Waals surface area (Å²) >= 11 is 5.89. The van der Waals surface area contributed by atoms with E-state index in [0.717, 1.165) is 29.9 Å². The maximum absolute atomic E-state index is 11.6. The maximum Gasteiger partial charge on any atom is 0.202 e. The van der Waals surface area contributed by atoms with Crippen molar-refractivity contribution in [3.05, 3.63) is 59.1 Å². The molecule has 1 aliphatic rings. The minimum absolute atomic E-state index is 0.102. The van der Waals surface area contributed by atoms with Gasteiger partial charge >= 0.3 is 0 Å². The second kappa shape index (κ2) is 6.31. The zero-order valence-corrected chi connectivity index (χ0v) is 13.8. The van der Waals surface area contributed by atoms with Crippen LogP contribution in [0.1, 0.15) is 12.0 Å². The first-order chi connectivity index (χ1) is 11.0. The van der Waals surface area contributed by atoms with Gasteiger partial charge < -0.3 is 5.11 Å². The van der Waals surface area contributed by atoms with E-state index in [1.807, 2.05) is 29.3 Å². The lowest BCUT2D eigenvalue weighted by Gasteiger charge is -2.13. The first kappa shape index (κ1) is 16.0. The largest absolute Gasteiger partial charge is 0.380 e. The Balaban J connectivity index is 1.82. The molecule has 1 N–H and O–H groups in total. The van der Waals surface area contributed by atoms with E-state index in [-0.39, 0.29) is 4.90 Å². The Morgan fingerprint density at radius 3 is 2.35 bits per heavy atom. The molecule has 0 aliphatic carbocycles. The third-order valence-electron chi connectivity index (χ3n) is 3.64. The van der Waals surface area contributed by atoms with Gasteiger partial charge in [-0.1, -0.05) is 23.7 Å². The van der Waals surface area contributed by atoms with Crippen LogP contribution in [0.5, 0.6) is 0 Å². The molecule has 0 unspecified atom stereocenters. The van der Waals surface area contributed by atoms with Crippen molar-refractivity contribution in [2.24, 2.45) is 5.10 Å². The van der Waals surface area contributed by atoms with Crippen LogP contribution in [0.2, 0.25) is 5.02 Å². The molecular weight excluding hydrogens is 336 g/mol. The monoisotopic (exact) mass is 350 g/mol. The topological polar surface area (TPSA) is 70.0 Å². The molecule has 7 heteroatoms. The van der Waals surface area contributed by atoms with E-state index in [0.29, 0.717) is 5.02 Å². The van der Waals surface area contributed by atoms with Crippen LogP contribution in [-0.4, -0.2) is 31.7 Å². The van der Waals surface area contributed by atoms with Gasteiger partial charge in [-0.05, 0) is 42.0 Å². The number of hydrogen-bond acceptors (Lipinski definition) is 5. The van der Waals surface area contributed by atoms with E-state index < -0.39 is 15.8 Å². The van der Waals surface area contributed by atoms with Crippen LogP contribution < -0.4 is 5.01 Å². The average Bonchev–Trinajstić information content (AvgIpc) is 3.05. The molecular formula is C16H15ClN2O3S. The van der Waals surface area contributed by atoms with Crippen molar-refractivity contribution in [3.63, 3.8) is 0 Å². The summed E-state index contributed by atoms with van der Waals surface area (Å²) in [6, 6.07) is 13.9. The van der Waals surface area contributed by atoms with Crippen molar-refractivity contribution >= 4 is 32.8 Å². The van der Waals surface area contributed by atoms with Crippen molar-refractivity contribution in [1.29, 1.82) is 0 Å². The fourth-order valence-corrected chi connectivity index (χ4v) is 3.21. The van der Waals surface area contributed by atoms with Gasteiger partial charge in [-0.25, -0.2) is 8.42 Å². The molecule has 0 aromatic heterocycles. The van der Waals surface area contributed by atoms with Crippen LogP contribution >= 0.6 is 11.6 Å². The number of sulfone groups is 1. The minimum atomic E-state index is -3.61. The molecule has 2 aromatic carbocycles. The zero-order valence-electron chi connectivity index (χ0n) is 12.2. The van der Waals surface area contributed by atoms with Crippen molar-refractivity contribution in [1.82, 2.24) is 0 Å². The van der Waals surface area contributed by atoms with E-state index in [9.17, 15) is 8.42 Å². The van der Waals surface area contributed by atoms with Crippen LogP contribution in [-0.2, 0) is 9.84 Å². The Morgan fingerprint density at radius 2 is 1.74 bits per heavy atom. The van der Waals surface area contributed by atoms with Crippen LogP contribution in [0.4, 0.5) is 5.69 Å². The van der Waals surface area contributed by atoms with Crippen LogP contribution in [0.25, 0.3) is 0 Å². The van der Waals surface area contributed by atoms with Crippen molar-refractivity contribution in [2.75, 3.05) is 17.5 Å². The lowest BCUT2D eigenvalue weighted by molar-refractivity contribution is 0.358. The van der Waals surface area contributed by atoms with Crippen LogP contribution in [0.3, 0.4) is 0 Å². The first-order valence-corrected chi connectivity index (χ1v) is 9.07. The zero-order chi connectivity index (χ0) is 16.4. The minimum Gasteiger partial charge on any atom is -0.380 e. The highest BCUT2D eigenvalue weighted by molar-refractivity contribution is 7.91. The highest BCUT2D eigenvalue weighted by Crippen LogP contribution is 2.24. The van der Waals surface area contributed by atoms with Crippen LogP contribution in [0, 0.1) is 0 Å². The van der Waals surface area contributed by atoms with Gasteiger partial charge in [-0.15, -0.1) is 0 Å². The Labute approximate surface area is 139 Å². The van der Waals surface area contributed by atoms with Gasteiger partial charge in [0, 0.05) is 18.0 Å². The lowest BCUT2D eigenvalue weighted by Crippen LogP contribution is -2.12. The first-order valence-electron chi connectivity index (χ1n) is 7.04. The predicted octanol–water partition coefficient (Wildman–Crippen LogP) is 2.68. The fourth-order valence-electron chi connectivity index (χ4n) is 2.39. The van der Waals surface area contributed by atoms with Crippen molar-refractivity contribution < 1.29 is 13.5 Å². The molecule has 0 amide bonds. The molecule has 0 atom stereocenters. The van der Waals surface area contributed by atoms with Crippen molar-refractivity contribution in [2.45, 2.75) is 11.3 Å². The summed E-state index contributed by atoms with van der Waals surface area (Å²) in [6.07, 6.45) is 0.804. The number of hydrazone groups is 1. The van der Waals surface area contributed by atoms with Gasteiger partial charge in [0.25, 0.3) is 0 Å². The number of halogens is 1. The normalized spacial score (nSPS) is 14.9. The van der Waals surface area contributed by atoms with E-state index >= 15 is 0 Å². The van der Waals surface area contributed by atoms with Gasteiger partial charge in [0.2, 0.25) is 9.84 Å². The average molecular weight is 351 g/mol. The lowest BCUT2D eigenvalue weighted by atomic mass is 10.1. The van der Waals surface area contributed by atoms with Gasteiger partial charge in [0.05, 0.1) is 16.3 Å². The Bertz CT molecular complexity index is 831. The number of anilines is 1. The molecule has 0 bridgehead atoms. The number of benzene rings is 2. The highest BCUT2D eigenvalue weighted by Gasteiger charge is 2.18. The highest BCUT2D eigenvalue weighted by atomic mass is 35.5. The fraction of sp³-hybridized carbons (Fsp3) is 0.188. The molecule has 0 radical (unpaired) electrons. The molecule has 3 rings (SSSR count). The summed E-state index contributed by atoms with van der Waals surface area (Å²) in [5, 5.41) is 16.0. The third kappa shape index (κ3) is 3.39. The third-order valence-corrected chi connectivity index (χ3v) is 5.23. The number of aliphatic hydroxyl groups is 1. The van der Waals surface area contributed by atoms with Gasteiger partial charge in [-0.2, -0.15) is 5.10 Å². The van der Waals surface area contributed by atoms with E-state index in [1.54, 1.807) is 12.1 Å². The quantitative estimate of drug-likeness (QED) is 0.920. The molecule has 23 heavy (non-hydrogen) atoms. The summed E-state index contributed by atoms with van der Waals surface area (Å²) in [5.74, 6) is -0.894. The molecule has 0 saturated heterocycles. The summed E-state index contributed by atoms with van der Waals surface area (Å²) in [7, 11) is -3.61. The van der Waals surface area contributed by atoms with Gasteiger partial charge in [0.15, 0.2) is 0 Å². The predicted molar refractivity (Wildman–Crippen MR) is 90.7 cm³/mol. The summed E-state index contributed by atoms with van der Waals surface area (Å²) in [4.78, 5) is 0.102. The van der Waals surface area contributed by atoms with E-state index in [4.69, 9.17) is 16.7 Å². The number of hydrogen-bond donors (Lipinski definition) is 1. The molecule has 0 saturated carbocycles. The molecule has 0 spiro atoms. The van der Waals surface area contributed by atoms with Crippen LogP contribution in [0.15, 0.2) is 58.5 Å². The van der Waals surface area contributed by atoms with Gasteiger partial charge in [-0.3, -0.25) is 5.01 Å². The summed E-state index contributed by atoms with van der Waals surface area (Å²) < 4.78 is 23.2. The van der Waals surface area contributed by atoms with E-state index in [2.05, 4.69) is 5.10 Å². The molecule has 120 valence electrons.